The molecule has 0 aliphatic rings. The van der Waals surface area contributed by atoms with Gasteiger partial charge in [-0.3, -0.25) is 4.79 Å². The summed E-state index contributed by atoms with van der Waals surface area (Å²) in [6, 6.07) is 6.18. The molecule has 0 aliphatic heterocycles. The van der Waals surface area contributed by atoms with Crippen molar-refractivity contribution in [2.45, 2.75) is 41.0 Å². The molecule has 0 atom stereocenters. The van der Waals surface area contributed by atoms with Gasteiger partial charge in [0.2, 0.25) is 0 Å². The molecule has 0 amide bonds. The third-order valence-electron chi connectivity index (χ3n) is 3.64. The molecule has 1 aromatic carbocycles. The number of aryl methyl sites for hydroxylation is 2. The molecule has 3 nitrogen and oxygen atoms in total. The van der Waals surface area contributed by atoms with E-state index in [-0.39, 0.29) is 5.78 Å². The first-order chi connectivity index (χ1) is 9.38. The van der Waals surface area contributed by atoms with Crippen LogP contribution in [0.4, 0.5) is 0 Å². The number of ketones is 1. The standard InChI is InChI=1S/C17H20N2O/c1-10-6-7-15(14(5)13(10)4)16-8-11(2)18-17(19-16)9-12(3)20/h6-8H,9H2,1-5H3. The third kappa shape index (κ3) is 2.93. The molecule has 104 valence electrons. The van der Waals surface area contributed by atoms with Gasteiger partial charge in [-0.25, -0.2) is 9.97 Å². The number of Topliss-reactive ketones (excluding diaryl/α,β-unsaturated/α-hetero) is 1. The maximum Gasteiger partial charge on any atom is 0.137 e. The van der Waals surface area contributed by atoms with E-state index in [0.29, 0.717) is 12.2 Å². The van der Waals surface area contributed by atoms with Gasteiger partial charge in [-0.05, 0) is 57.4 Å². The molecular weight excluding hydrogens is 248 g/mol. The van der Waals surface area contributed by atoms with Crippen molar-refractivity contribution in [1.82, 2.24) is 9.97 Å². The second-order valence-electron chi connectivity index (χ2n) is 5.37. The first-order valence-corrected chi connectivity index (χ1v) is 6.79. The fourth-order valence-electron chi connectivity index (χ4n) is 2.30. The fraction of sp³-hybridized carbons (Fsp3) is 0.353. The SMILES string of the molecule is CC(=O)Cc1nc(C)cc(-c2ccc(C)c(C)c2C)n1. The Hall–Kier alpha value is -2.03. The van der Waals surface area contributed by atoms with Gasteiger partial charge in [0.15, 0.2) is 0 Å². The summed E-state index contributed by atoms with van der Waals surface area (Å²) in [4.78, 5) is 20.1. The minimum absolute atomic E-state index is 0.0818. The molecule has 0 spiro atoms. The normalized spacial score (nSPS) is 10.7. The number of carbonyl (C=O) groups is 1. The van der Waals surface area contributed by atoms with E-state index in [4.69, 9.17) is 0 Å². The lowest BCUT2D eigenvalue weighted by molar-refractivity contribution is -0.116. The Kier molecular flexibility index (Phi) is 3.98. The Labute approximate surface area is 120 Å². The van der Waals surface area contributed by atoms with Crippen LogP contribution in [-0.4, -0.2) is 15.8 Å². The Morgan fingerprint density at radius 1 is 1.05 bits per heavy atom. The molecule has 3 heteroatoms. The molecule has 20 heavy (non-hydrogen) atoms. The van der Waals surface area contributed by atoms with Crippen LogP contribution in [-0.2, 0) is 11.2 Å². The molecule has 2 aromatic rings. The van der Waals surface area contributed by atoms with Crippen LogP contribution in [0, 0.1) is 27.7 Å². The molecule has 0 unspecified atom stereocenters. The van der Waals surface area contributed by atoms with Crippen LogP contribution in [0.15, 0.2) is 18.2 Å². The summed E-state index contributed by atoms with van der Waals surface area (Å²) in [5.41, 5.74) is 6.70. The van der Waals surface area contributed by atoms with E-state index < -0.39 is 0 Å². The minimum Gasteiger partial charge on any atom is -0.300 e. The van der Waals surface area contributed by atoms with Crippen molar-refractivity contribution in [1.29, 1.82) is 0 Å². The second-order valence-corrected chi connectivity index (χ2v) is 5.37. The summed E-state index contributed by atoms with van der Waals surface area (Å²) in [6.45, 7) is 9.84. The average molecular weight is 268 g/mol. The van der Waals surface area contributed by atoms with Gasteiger partial charge in [0.25, 0.3) is 0 Å². The Balaban J connectivity index is 2.55. The first kappa shape index (κ1) is 14.4. The van der Waals surface area contributed by atoms with Gasteiger partial charge in [-0.15, -0.1) is 0 Å². The van der Waals surface area contributed by atoms with Crippen LogP contribution in [0.3, 0.4) is 0 Å². The molecule has 0 saturated heterocycles. The zero-order valence-corrected chi connectivity index (χ0v) is 12.7. The maximum atomic E-state index is 11.3. The Morgan fingerprint density at radius 2 is 1.75 bits per heavy atom. The summed E-state index contributed by atoms with van der Waals surface area (Å²) in [5.74, 6) is 0.684. The molecule has 2 rings (SSSR count). The average Bonchev–Trinajstić information content (AvgIpc) is 2.34. The second kappa shape index (κ2) is 5.53. The van der Waals surface area contributed by atoms with E-state index >= 15 is 0 Å². The number of aromatic nitrogens is 2. The van der Waals surface area contributed by atoms with E-state index in [1.807, 2.05) is 13.0 Å². The molecule has 0 N–H and O–H groups in total. The molecule has 0 saturated carbocycles. The highest BCUT2D eigenvalue weighted by Crippen LogP contribution is 2.26. The van der Waals surface area contributed by atoms with Crippen molar-refractivity contribution in [2.24, 2.45) is 0 Å². The summed E-state index contributed by atoms with van der Waals surface area (Å²) >= 11 is 0. The van der Waals surface area contributed by atoms with E-state index in [0.717, 1.165) is 17.0 Å². The van der Waals surface area contributed by atoms with Gasteiger partial charge >= 0.3 is 0 Å². The quantitative estimate of drug-likeness (QED) is 0.855. The van der Waals surface area contributed by atoms with Crippen molar-refractivity contribution < 1.29 is 4.79 Å². The lowest BCUT2D eigenvalue weighted by atomic mass is 9.96. The van der Waals surface area contributed by atoms with Gasteiger partial charge in [0.1, 0.15) is 11.6 Å². The Morgan fingerprint density at radius 3 is 2.40 bits per heavy atom. The number of rotatable bonds is 3. The van der Waals surface area contributed by atoms with Gasteiger partial charge in [-0.1, -0.05) is 12.1 Å². The number of hydrogen-bond donors (Lipinski definition) is 0. The molecule has 0 bridgehead atoms. The topological polar surface area (TPSA) is 42.9 Å². The van der Waals surface area contributed by atoms with Crippen molar-refractivity contribution in [3.63, 3.8) is 0 Å². The van der Waals surface area contributed by atoms with Gasteiger partial charge in [0.05, 0.1) is 12.1 Å². The number of benzene rings is 1. The van der Waals surface area contributed by atoms with Gasteiger partial charge in [-0.2, -0.15) is 0 Å². The monoisotopic (exact) mass is 268 g/mol. The van der Waals surface area contributed by atoms with Crippen LogP contribution in [0.5, 0.6) is 0 Å². The van der Waals surface area contributed by atoms with Gasteiger partial charge in [0, 0.05) is 11.3 Å². The van der Waals surface area contributed by atoms with Crippen LogP contribution >= 0.6 is 0 Å². The number of hydrogen-bond acceptors (Lipinski definition) is 3. The van der Waals surface area contributed by atoms with Crippen molar-refractivity contribution in [3.8, 4) is 11.3 Å². The zero-order valence-electron chi connectivity index (χ0n) is 12.7. The van der Waals surface area contributed by atoms with E-state index in [9.17, 15) is 4.79 Å². The minimum atomic E-state index is 0.0818. The van der Waals surface area contributed by atoms with Crippen molar-refractivity contribution in [2.75, 3.05) is 0 Å². The van der Waals surface area contributed by atoms with E-state index in [1.165, 1.54) is 16.7 Å². The highest BCUT2D eigenvalue weighted by Gasteiger charge is 2.10. The molecular formula is C17H20N2O. The van der Waals surface area contributed by atoms with E-state index in [1.54, 1.807) is 6.92 Å². The fourth-order valence-corrected chi connectivity index (χ4v) is 2.30. The third-order valence-corrected chi connectivity index (χ3v) is 3.64. The van der Waals surface area contributed by atoms with Crippen LogP contribution in [0.2, 0.25) is 0 Å². The maximum absolute atomic E-state index is 11.3. The van der Waals surface area contributed by atoms with Crippen molar-refractivity contribution >= 4 is 5.78 Å². The predicted octanol–water partition coefficient (Wildman–Crippen LogP) is 3.51. The summed E-state index contributed by atoms with van der Waals surface area (Å²) in [6.07, 6.45) is 0.290. The van der Waals surface area contributed by atoms with Crippen LogP contribution in [0.1, 0.15) is 35.1 Å². The first-order valence-electron chi connectivity index (χ1n) is 6.79. The Bertz CT molecular complexity index is 675. The lowest BCUT2D eigenvalue weighted by Gasteiger charge is -2.12. The number of carbonyl (C=O) groups excluding carboxylic acids is 1. The highest BCUT2D eigenvalue weighted by atomic mass is 16.1. The van der Waals surface area contributed by atoms with Crippen LogP contribution in [0.25, 0.3) is 11.3 Å². The zero-order chi connectivity index (χ0) is 14.9. The van der Waals surface area contributed by atoms with Crippen molar-refractivity contribution in [3.05, 3.63) is 46.4 Å². The smallest absolute Gasteiger partial charge is 0.137 e. The summed E-state index contributed by atoms with van der Waals surface area (Å²) < 4.78 is 0. The highest BCUT2D eigenvalue weighted by molar-refractivity contribution is 5.77. The molecule has 1 aromatic heterocycles. The number of nitrogens with zero attached hydrogens (tertiary/aromatic N) is 2. The lowest BCUT2D eigenvalue weighted by Crippen LogP contribution is -2.05. The molecule has 0 radical (unpaired) electrons. The predicted molar refractivity (Wildman–Crippen MR) is 80.8 cm³/mol. The largest absolute Gasteiger partial charge is 0.300 e. The van der Waals surface area contributed by atoms with E-state index in [2.05, 4.69) is 42.9 Å². The van der Waals surface area contributed by atoms with Crippen LogP contribution < -0.4 is 0 Å². The summed E-state index contributed by atoms with van der Waals surface area (Å²) in [5, 5.41) is 0. The molecule has 0 aliphatic carbocycles. The summed E-state index contributed by atoms with van der Waals surface area (Å²) in [7, 11) is 0. The molecule has 1 heterocycles. The van der Waals surface area contributed by atoms with Gasteiger partial charge < -0.3 is 0 Å². The molecule has 0 fully saturated rings.